The van der Waals surface area contributed by atoms with Gasteiger partial charge in [0, 0.05) is 6.42 Å². The van der Waals surface area contributed by atoms with Crippen molar-refractivity contribution < 1.29 is 29.3 Å². The third kappa shape index (κ3) is 6.05. The first kappa shape index (κ1) is 21.4. The van der Waals surface area contributed by atoms with Crippen LogP contribution in [0, 0.1) is 5.92 Å². The Balaban J connectivity index is 1.79. The second kappa shape index (κ2) is 10.4. The van der Waals surface area contributed by atoms with Gasteiger partial charge in [-0.05, 0) is 12.3 Å². The van der Waals surface area contributed by atoms with Gasteiger partial charge < -0.3 is 19.7 Å². The molecule has 2 heterocycles. The number of aliphatic hydroxyl groups is 2. The van der Waals surface area contributed by atoms with Crippen molar-refractivity contribution >= 4 is 18.1 Å². The Morgan fingerprint density at radius 2 is 2.30 bits per heavy atom. The van der Waals surface area contributed by atoms with Crippen LogP contribution in [0.25, 0.3) is 0 Å². The summed E-state index contributed by atoms with van der Waals surface area (Å²) in [6.45, 7) is 4.14. The maximum Gasteiger partial charge on any atom is 0.413 e. The molecule has 27 heavy (non-hydrogen) atoms. The molecule has 2 aliphatic rings. The third-order valence-corrected chi connectivity index (χ3v) is 4.81. The molecule has 154 valence electrons. The zero-order valence-corrected chi connectivity index (χ0v) is 15.9. The number of carbonyl (C=O) groups excluding carboxylic acids is 2. The average Bonchev–Trinajstić information content (AvgIpc) is 3.02. The monoisotopic (exact) mass is 386 g/mol. The van der Waals surface area contributed by atoms with Crippen molar-refractivity contribution in [3.05, 3.63) is 0 Å². The van der Waals surface area contributed by atoms with Gasteiger partial charge in [-0.25, -0.2) is 14.6 Å². The number of hydrogen-bond acceptors (Lipinski definition) is 7. The molecule has 1 unspecified atom stereocenters. The molecule has 0 bridgehead atoms. The highest BCUT2D eigenvalue weighted by atomic mass is 16.6. The Morgan fingerprint density at radius 3 is 2.89 bits per heavy atom. The summed E-state index contributed by atoms with van der Waals surface area (Å²) >= 11 is 0. The van der Waals surface area contributed by atoms with Gasteiger partial charge in [0.2, 0.25) is 5.96 Å². The lowest BCUT2D eigenvalue weighted by Gasteiger charge is -2.30. The second-order valence-corrected chi connectivity index (χ2v) is 6.80. The zero-order chi connectivity index (χ0) is 19.8. The minimum atomic E-state index is -0.842. The number of amides is 3. The summed E-state index contributed by atoms with van der Waals surface area (Å²) in [6.07, 6.45) is 1.42. The first-order chi connectivity index (χ1) is 13.0. The SMILES string of the molecule is CCCCC(CC)COC(=O)NC1=NCN([C@@H]2C[C@H](O)[C@@H](CO)O2)C(=O)N1. The minimum Gasteiger partial charge on any atom is -0.449 e. The summed E-state index contributed by atoms with van der Waals surface area (Å²) in [5.41, 5.74) is 0. The molecule has 0 spiro atoms. The fourth-order valence-electron chi connectivity index (χ4n) is 3.01. The smallest absolute Gasteiger partial charge is 0.413 e. The largest absolute Gasteiger partial charge is 0.449 e. The van der Waals surface area contributed by atoms with E-state index < -0.39 is 30.6 Å². The summed E-state index contributed by atoms with van der Waals surface area (Å²) in [6, 6.07) is -0.509. The molecule has 0 aromatic rings. The lowest BCUT2D eigenvalue weighted by Crippen LogP contribution is -2.56. The number of urea groups is 1. The van der Waals surface area contributed by atoms with Gasteiger partial charge in [0.05, 0.1) is 19.3 Å². The minimum absolute atomic E-state index is 0.0140. The van der Waals surface area contributed by atoms with Crippen LogP contribution in [0.1, 0.15) is 46.0 Å². The van der Waals surface area contributed by atoms with Gasteiger partial charge in [0.1, 0.15) is 19.0 Å². The van der Waals surface area contributed by atoms with Crippen molar-refractivity contribution in [1.29, 1.82) is 0 Å². The highest BCUT2D eigenvalue weighted by Crippen LogP contribution is 2.23. The Labute approximate surface area is 158 Å². The Kier molecular flexibility index (Phi) is 8.26. The van der Waals surface area contributed by atoms with E-state index in [0.29, 0.717) is 12.5 Å². The number of hydrogen-bond donors (Lipinski definition) is 4. The third-order valence-electron chi connectivity index (χ3n) is 4.81. The fourth-order valence-corrected chi connectivity index (χ4v) is 3.01. The molecule has 0 radical (unpaired) electrons. The van der Waals surface area contributed by atoms with Gasteiger partial charge in [-0.3, -0.25) is 15.5 Å². The molecule has 0 aliphatic carbocycles. The van der Waals surface area contributed by atoms with Crippen molar-refractivity contribution in [2.75, 3.05) is 19.9 Å². The average molecular weight is 386 g/mol. The number of aliphatic imine (C=N–C) groups is 1. The van der Waals surface area contributed by atoms with Crippen molar-refractivity contribution in [3.63, 3.8) is 0 Å². The molecule has 0 aromatic carbocycles. The molecule has 3 amide bonds. The number of guanidine groups is 1. The van der Waals surface area contributed by atoms with E-state index in [0.717, 1.165) is 25.7 Å². The maximum absolute atomic E-state index is 12.2. The van der Waals surface area contributed by atoms with Crippen molar-refractivity contribution in [2.24, 2.45) is 10.9 Å². The Bertz CT molecular complexity index is 544. The second-order valence-electron chi connectivity index (χ2n) is 6.80. The molecule has 0 aromatic heterocycles. The van der Waals surface area contributed by atoms with E-state index in [-0.39, 0.29) is 25.7 Å². The lowest BCUT2D eigenvalue weighted by atomic mass is 10.0. The van der Waals surface area contributed by atoms with Crippen LogP contribution in [-0.4, -0.2) is 71.5 Å². The first-order valence-corrected chi connectivity index (χ1v) is 9.48. The number of nitrogens with zero attached hydrogens (tertiary/aromatic N) is 2. The quantitative estimate of drug-likeness (QED) is 0.486. The maximum atomic E-state index is 12.2. The fraction of sp³-hybridized carbons (Fsp3) is 0.824. The first-order valence-electron chi connectivity index (χ1n) is 9.48. The van der Waals surface area contributed by atoms with E-state index in [1.165, 1.54) is 4.90 Å². The van der Waals surface area contributed by atoms with Gasteiger partial charge in [0.25, 0.3) is 0 Å². The number of unbranched alkanes of at least 4 members (excludes halogenated alkanes) is 1. The number of rotatable bonds is 8. The van der Waals surface area contributed by atoms with E-state index in [1.54, 1.807) is 0 Å². The Morgan fingerprint density at radius 1 is 1.52 bits per heavy atom. The van der Waals surface area contributed by atoms with Crippen LogP contribution in [0.4, 0.5) is 9.59 Å². The normalized spacial score (nSPS) is 26.4. The van der Waals surface area contributed by atoms with Crippen LogP contribution >= 0.6 is 0 Å². The zero-order valence-electron chi connectivity index (χ0n) is 15.9. The molecule has 10 nitrogen and oxygen atoms in total. The van der Waals surface area contributed by atoms with Crippen LogP contribution < -0.4 is 10.6 Å². The van der Waals surface area contributed by atoms with Gasteiger partial charge in [-0.1, -0.05) is 33.1 Å². The van der Waals surface area contributed by atoms with Crippen LogP contribution in [0.2, 0.25) is 0 Å². The van der Waals surface area contributed by atoms with Crippen molar-refractivity contribution in [3.8, 4) is 0 Å². The molecular weight excluding hydrogens is 356 g/mol. The topological polar surface area (TPSA) is 133 Å². The van der Waals surface area contributed by atoms with Crippen LogP contribution in [0.3, 0.4) is 0 Å². The van der Waals surface area contributed by atoms with Crippen molar-refractivity contribution in [1.82, 2.24) is 15.5 Å². The highest BCUT2D eigenvalue weighted by molar-refractivity contribution is 6.03. The van der Waals surface area contributed by atoms with E-state index in [1.807, 2.05) is 0 Å². The van der Waals surface area contributed by atoms with E-state index in [9.17, 15) is 14.7 Å². The predicted octanol–water partition coefficient (Wildman–Crippen LogP) is 0.736. The number of aliphatic hydroxyl groups excluding tert-OH is 2. The van der Waals surface area contributed by atoms with E-state index in [4.69, 9.17) is 14.6 Å². The summed E-state index contributed by atoms with van der Waals surface area (Å²) in [5, 5.41) is 23.8. The number of alkyl carbamates (subject to hydrolysis) is 1. The van der Waals surface area contributed by atoms with Gasteiger partial charge in [-0.2, -0.15) is 0 Å². The summed E-state index contributed by atoms with van der Waals surface area (Å²) < 4.78 is 10.7. The summed E-state index contributed by atoms with van der Waals surface area (Å²) in [5.74, 6) is 0.333. The molecule has 1 fully saturated rings. The van der Waals surface area contributed by atoms with Gasteiger partial charge in [-0.15, -0.1) is 0 Å². The molecule has 1 saturated heterocycles. The molecule has 0 saturated carbocycles. The number of carbonyl (C=O) groups is 2. The molecule has 10 heteroatoms. The standard InChI is InChI=1S/C17H30N4O6/c1-3-5-6-11(4-2)9-26-17(25)20-15-18-10-21(16(24)19-15)14-7-12(23)13(8-22)27-14/h11-14,22-23H,3-10H2,1-2H3,(H2,18,19,20,24,25)/t11?,12-,13+,14-/m0/s1. The Hall–Kier alpha value is -1.91. The van der Waals surface area contributed by atoms with Gasteiger partial charge in [0.15, 0.2) is 0 Å². The lowest BCUT2D eigenvalue weighted by molar-refractivity contribution is -0.0637. The van der Waals surface area contributed by atoms with Crippen LogP contribution in [0.5, 0.6) is 0 Å². The van der Waals surface area contributed by atoms with Crippen LogP contribution in [-0.2, 0) is 9.47 Å². The molecule has 2 rings (SSSR count). The number of ether oxygens (including phenoxy) is 2. The van der Waals surface area contributed by atoms with Gasteiger partial charge >= 0.3 is 12.1 Å². The molecular formula is C17H30N4O6. The van der Waals surface area contributed by atoms with Crippen molar-refractivity contribution in [2.45, 2.75) is 64.4 Å². The molecule has 4 N–H and O–H groups in total. The molecule has 2 aliphatic heterocycles. The highest BCUT2D eigenvalue weighted by Gasteiger charge is 2.39. The van der Waals surface area contributed by atoms with Crippen LogP contribution in [0.15, 0.2) is 4.99 Å². The number of nitrogens with one attached hydrogen (secondary N) is 2. The summed E-state index contributed by atoms with van der Waals surface area (Å²) in [4.78, 5) is 29.5. The predicted molar refractivity (Wildman–Crippen MR) is 96.8 cm³/mol. The van der Waals surface area contributed by atoms with E-state index >= 15 is 0 Å². The molecule has 4 atom stereocenters. The van der Waals surface area contributed by atoms with E-state index in [2.05, 4.69) is 29.5 Å². The summed E-state index contributed by atoms with van der Waals surface area (Å²) in [7, 11) is 0.